The molecule has 0 aromatic carbocycles. The van der Waals surface area contributed by atoms with E-state index >= 15 is 0 Å². The number of phosphoric ester groups is 2. The second-order valence-corrected chi connectivity index (χ2v) is 29.0. The summed E-state index contributed by atoms with van der Waals surface area (Å²) >= 11 is 0. The molecule has 90 heavy (non-hydrogen) atoms. The Morgan fingerprint density at radius 2 is 0.511 bits per heavy atom. The third-order valence-corrected chi connectivity index (χ3v) is 18.4. The number of hydrogen-bond donors (Lipinski definition) is 3. The molecule has 17 nitrogen and oxygen atoms in total. The van der Waals surface area contributed by atoms with Gasteiger partial charge in [-0.25, -0.2) is 9.13 Å². The van der Waals surface area contributed by atoms with Crippen LogP contribution in [-0.4, -0.2) is 96.7 Å². The van der Waals surface area contributed by atoms with Crippen molar-refractivity contribution in [3.8, 4) is 0 Å². The van der Waals surface area contributed by atoms with Crippen LogP contribution in [0.3, 0.4) is 0 Å². The van der Waals surface area contributed by atoms with Crippen LogP contribution < -0.4 is 0 Å². The van der Waals surface area contributed by atoms with Gasteiger partial charge in [0.2, 0.25) is 0 Å². The molecular weight excluding hydrogens is 1190 g/mol. The number of rotatable bonds is 71. The molecule has 0 fully saturated rings. The van der Waals surface area contributed by atoms with E-state index < -0.39 is 97.5 Å². The van der Waals surface area contributed by atoms with Crippen LogP contribution in [-0.2, 0) is 65.4 Å². The van der Waals surface area contributed by atoms with Crippen LogP contribution in [0.4, 0.5) is 0 Å². The number of ether oxygens (including phenoxy) is 4. The molecule has 5 atom stereocenters. The van der Waals surface area contributed by atoms with Crippen LogP contribution in [0.15, 0.2) is 0 Å². The van der Waals surface area contributed by atoms with Gasteiger partial charge in [-0.15, -0.1) is 0 Å². The molecule has 0 aliphatic carbocycles. The van der Waals surface area contributed by atoms with E-state index in [1.54, 1.807) is 0 Å². The standard InChI is InChI=1S/C71H138O17P2/c1-6-9-12-15-17-19-20-21-22-23-24-25-26-27-28-31-35-38-42-47-52-57-71(76)88-67(61-82-69(74)55-50-45-41-37-34-32-29-30-33-36-39-44-48-53-64(4)5)63-86-90(79,80)84-59-65(72)58-83-89(77,78)85-62-66(60-81-68(73)54-49-43-14-11-8-3)87-70(75)56-51-46-40-18-16-13-10-7-2/h64-67,72H,6-63H2,1-5H3,(H,77,78)(H,79,80)/t65-,66+,67+/m0/s1. The third kappa shape index (κ3) is 64.8. The Morgan fingerprint density at radius 1 is 0.300 bits per heavy atom. The highest BCUT2D eigenvalue weighted by Gasteiger charge is 2.30. The number of carbonyl (C=O) groups excluding carboxylic acids is 4. The zero-order valence-corrected chi connectivity index (χ0v) is 60.1. The molecule has 3 N–H and O–H groups in total. The summed E-state index contributed by atoms with van der Waals surface area (Å²) in [5.41, 5.74) is 0. The number of phosphoric acid groups is 2. The van der Waals surface area contributed by atoms with E-state index in [4.69, 9.17) is 37.0 Å². The molecule has 0 amide bonds. The van der Waals surface area contributed by atoms with Gasteiger partial charge in [-0.1, -0.05) is 317 Å². The molecule has 0 heterocycles. The van der Waals surface area contributed by atoms with E-state index in [-0.39, 0.29) is 25.7 Å². The number of unbranched alkanes of at least 4 members (excludes halogenated alkanes) is 43. The van der Waals surface area contributed by atoms with Crippen molar-refractivity contribution in [3.63, 3.8) is 0 Å². The molecule has 0 radical (unpaired) electrons. The summed E-state index contributed by atoms with van der Waals surface area (Å²) in [6.07, 6.45) is 52.0. The summed E-state index contributed by atoms with van der Waals surface area (Å²) < 4.78 is 68.0. The molecule has 0 aliphatic rings. The van der Waals surface area contributed by atoms with Crippen molar-refractivity contribution in [2.24, 2.45) is 5.92 Å². The van der Waals surface area contributed by atoms with Gasteiger partial charge in [0, 0.05) is 25.7 Å². The van der Waals surface area contributed by atoms with Crippen molar-refractivity contribution >= 4 is 39.5 Å². The summed E-state index contributed by atoms with van der Waals surface area (Å²) in [6.45, 7) is 7.15. The van der Waals surface area contributed by atoms with Crippen LogP contribution in [0.2, 0.25) is 0 Å². The lowest BCUT2D eigenvalue weighted by molar-refractivity contribution is -0.161. The predicted molar refractivity (Wildman–Crippen MR) is 363 cm³/mol. The summed E-state index contributed by atoms with van der Waals surface area (Å²) in [5.74, 6) is -1.35. The number of hydrogen-bond acceptors (Lipinski definition) is 15. The fourth-order valence-electron chi connectivity index (χ4n) is 10.8. The highest BCUT2D eigenvalue weighted by molar-refractivity contribution is 7.47. The SMILES string of the molecule is CCCCCCCCCCCCCCCCCCCCCCCC(=O)O[C@H](COC(=O)CCCCCCCCCCCCCCCC(C)C)COP(=O)(O)OC[C@@H](O)COP(=O)(O)OC[C@@H](COC(=O)CCCCCCC)OC(=O)CCCCCCCCCC. The topological polar surface area (TPSA) is 237 Å². The fraction of sp³-hybridized carbons (Fsp3) is 0.944. The minimum absolute atomic E-state index is 0.104. The first-order valence-electron chi connectivity index (χ1n) is 37.1. The van der Waals surface area contributed by atoms with Gasteiger partial charge in [0.05, 0.1) is 26.4 Å². The lowest BCUT2D eigenvalue weighted by Crippen LogP contribution is -2.30. The van der Waals surface area contributed by atoms with Crippen molar-refractivity contribution in [3.05, 3.63) is 0 Å². The molecule has 0 saturated carbocycles. The third-order valence-electron chi connectivity index (χ3n) is 16.5. The van der Waals surface area contributed by atoms with E-state index in [2.05, 4.69) is 34.6 Å². The normalized spacial score (nSPS) is 14.1. The monoisotopic (exact) mass is 1320 g/mol. The lowest BCUT2D eigenvalue weighted by Gasteiger charge is -2.21. The number of aliphatic hydroxyl groups is 1. The largest absolute Gasteiger partial charge is 0.472 e. The number of carbonyl (C=O) groups is 4. The molecule has 0 aromatic heterocycles. The molecule has 0 bridgehead atoms. The summed E-state index contributed by atoms with van der Waals surface area (Å²) in [7, 11) is -9.88. The Labute approximate surface area is 549 Å². The van der Waals surface area contributed by atoms with Crippen molar-refractivity contribution in [1.82, 2.24) is 0 Å². The summed E-state index contributed by atoms with van der Waals surface area (Å²) in [4.78, 5) is 72.2. The maximum absolute atomic E-state index is 13.0. The van der Waals surface area contributed by atoms with Gasteiger partial charge in [-0.3, -0.25) is 37.3 Å². The Balaban J connectivity index is 5.09. The van der Waals surface area contributed by atoms with E-state index in [0.717, 1.165) is 109 Å². The first kappa shape index (κ1) is 88.1. The smallest absolute Gasteiger partial charge is 0.462 e. The van der Waals surface area contributed by atoms with Crippen molar-refractivity contribution in [2.45, 2.75) is 387 Å². The first-order valence-corrected chi connectivity index (χ1v) is 40.1. The fourth-order valence-corrected chi connectivity index (χ4v) is 12.4. The minimum Gasteiger partial charge on any atom is -0.462 e. The van der Waals surface area contributed by atoms with E-state index in [0.29, 0.717) is 25.7 Å². The van der Waals surface area contributed by atoms with Gasteiger partial charge in [0.15, 0.2) is 12.2 Å². The maximum atomic E-state index is 13.0. The molecule has 0 rings (SSSR count). The van der Waals surface area contributed by atoms with Crippen LogP contribution in [0.5, 0.6) is 0 Å². The zero-order chi connectivity index (χ0) is 66.3. The van der Waals surface area contributed by atoms with Crippen LogP contribution in [0.25, 0.3) is 0 Å². The van der Waals surface area contributed by atoms with E-state index in [1.807, 2.05) is 0 Å². The van der Waals surface area contributed by atoms with Gasteiger partial charge in [-0.05, 0) is 31.6 Å². The molecular formula is C71H138O17P2. The van der Waals surface area contributed by atoms with Gasteiger partial charge in [-0.2, -0.15) is 0 Å². The van der Waals surface area contributed by atoms with E-state index in [9.17, 15) is 43.2 Å². The quantitative estimate of drug-likeness (QED) is 0.0222. The Morgan fingerprint density at radius 3 is 0.756 bits per heavy atom. The van der Waals surface area contributed by atoms with E-state index in [1.165, 1.54) is 180 Å². The lowest BCUT2D eigenvalue weighted by atomic mass is 10.0. The van der Waals surface area contributed by atoms with Crippen LogP contribution in [0, 0.1) is 5.92 Å². The molecule has 534 valence electrons. The van der Waals surface area contributed by atoms with Crippen molar-refractivity contribution < 1.29 is 80.2 Å². The van der Waals surface area contributed by atoms with Gasteiger partial charge in [0.25, 0.3) is 0 Å². The highest BCUT2D eigenvalue weighted by atomic mass is 31.2. The molecule has 0 spiro atoms. The van der Waals surface area contributed by atoms with Gasteiger partial charge in [0.1, 0.15) is 19.3 Å². The average Bonchev–Trinajstić information content (AvgIpc) is 3.33. The molecule has 2 unspecified atom stereocenters. The van der Waals surface area contributed by atoms with Crippen LogP contribution in [0.1, 0.15) is 369 Å². The number of esters is 4. The Hall–Kier alpha value is -1.94. The first-order chi connectivity index (χ1) is 43.5. The average molecular weight is 1330 g/mol. The highest BCUT2D eigenvalue weighted by Crippen LogP contribution is 2.45. The zero-order valence-electron chi connectivity index (χ0n) is 58.3. The molecule has 0 aliphatic heterocycles. The molecule has 0 saturated heterocycles. The van der Waals surface area contributed by atoms with Gasteiger partial charge >= 0.3 is 39.5 Å². The van der Waals surface area contributed by atoms with Gasteiger partial charge < -0.3 is 33.8 Å². The maximum Gasteiger partial charge on any atom is 0.472 e. The second kappa shape index (κ2) is 64.4. The summed E-state index contributed by atoms with van der Waals surface area (Å²) in [6, 6.07) is 0. The van der Waals surface area contributed by atoms with Crippen LogP contribution >= 0.6 is 15.6 Å². The van der Waals surface area contributed by atoms with Crippen molar-refractivity contribution in [1.29, 1.82) is 0 Å². The molecule has 0 aromatic rings. The minimum atomic E-state index is -4.95. The molecule has 19 heteroatoms. The van der Waals surface area contributed by atoms with Crippen molar-refractivity contribution in [2.75, 3.05) is 39.6 Å². The Bertz CT molecular complexity index is 1740. The predicted octanol–water partition coefficient (Wildman–Crippen LogP) is 20.5. The summed E-state index contributed by atoms with van der Waals surface area (Å²) in [5, 5.41) is 10.5. The Kier molecular flexibility index (Phi) is 63.0. The number of aliphatic hydroxyl groups excluding tert-OH is 1. The second-order valence-electron chi connectivity index (χ2n) is 26.1.